The van der Waals surface area contributed by atoms with E-state index in [1.807, 2.05) is 42.1 Å². The van der Waals surface area contributed by atoms with Crippen LogP contribution in [0.15, 0.2) is 45.3 Å². The van der Waals surface area contributed by atoms with Crippen molar-refractivity contribution in [2.75, 3.05) is 5.75 Å². The van der Waals surface area contributed by atoms with Crippen LogP contribution in [-0.4, -0.2) is 43.1 Å². The molecule has 1 atom stereocenters. The number of nitrogens with zero attached hydrogens (tertiary/aromatic N) is 5. The molecule has 0 aliphatic carbocycles. The summed E-state index contributed by atoms with van der Waals surface area (Å²) < 4.78 is 1.79. The number of rotatable bonds is 8. The van der Waals surface area contributed by atoms with Gasteiger partial charge in [0.15, 0.2) is 5.16 Å². The molecule has 3 aromatic heterocycles. The maximum atomic E-state index is 13.1. The van der Waals surface area contributed by atoms with E-state index in [0.29, 0.717) is 23.8 Å². The van der Waals surface area contributed by atoms with Gasteiger partial charge in [0, 0.05) is 31.2 Å². The van der Waals surface area contributed by atoms with Gasteiger partial charge in [0.1, 0.15) is 5.82 Å². The molecule has 8 nitrogen and oxygen atoms in total. The third-order valence-electron chi connectivity index (χ3n) is 4.69. The lowest BCUT2D eigenvalue weighted by atomic mass is 10.1. The van der Waals surface area contributed by atoms with E-state index in [4.69, 9.17) is 5.73 Å². The van der Waals surface area contributed by atoms with E-state index in [1.54, 1.807) is 32.2 Å². The Bertz CT molecular complexity index is 1060. The van der Waals surface area contributed by atoms with Gasteiger partial charge in [-0.05, 0) is 22.9 Å². The molecule has 4 rings (SSSR count). The Kier molecular flexibility index (Phi) is 6.30. The number of carbonyl (C=O) groups excluding carboxylic acids is 2. The van der Waals surface area contributed by atoms with Crippen molar-refractivity contribution in [2.45, 2.75) is 30.5 Å². The van der Waals surface area contributed by atoms with Crippen LogP contribution in [0.1, 0.15) is 34.5 Å². The van der Waals surface area contributed by atoms with Crippen LogP contribution in [-0.2, 0) is 23.1 Å². The molecule has 0 saturated heterocycles. The Balaban J connectivity index is 1.46. The zero-order chi connectivity index (χ0) is 21.1. The van der Waals surface area contributed by atoms with Crippen molar-refractivity contribution < 1.29 is 9.59 Å². The third kappa shape index (κ3) is 4.47. The van der Waals surface area contributed by atoms with Crippen molar-refractivity contribution in [1.29, 1.82) is 0 Å². The van der Waals surface area contributed by atoms with E-state index in [9.17, 15) is 9.59 Å². The highest BCUT2D eigenvalue weighted by Gasteiger charge is 2.34. The molecule has 156 valence electrons. The molecular weight excluding hydrogens is 440 g/mol. The van der Waals surface area contributed by atoms with Crippen molar-refractivity contribution in [1.82, 2.24) is 19.8 Å². The van der Waals surface area contributed by atoms with Crippen molar-refractivity contribution in [3.05, 3.63) is 50.6 Å². The molecular formula is C19H20N6O2S3. The normalized spacial score (nSPS) is 16.1. The maximum absolute atomic E-state index is 13.1. The van der Waals surface area contributed by atoms with Crippen LogP contribution in [0.25, 0.3) is 0 Å². The predicted octanol–water partition coefficient (Wildman–Crippen LogP) is 2.83. The standard InChI is InChI=1S/C19H20N6O2S3/c1-24-17(7-6-16(20)26)21-22-19(24)30-11-18(27)25-13(15-5-3-9-29-15)10-12(23-25)14-4-2-8-28-14/h2-5,8-9,13H,6-7,10-11H2,1H3,(H2,20,26)/t13-/m0/s1. The smallest absolute Gasteiger partial charge is 0.253 e. The lowest BCUT2D eigenvalue weighted by molar-refractivity contribution is -0.130. The first kappa shape index (κ1) is 20.8. The van der Waals surface area contributed by atoms with E-state index in [2.05, 4.69) is 15.3 Å². The molecule has 30 heavy (non-hydrogen) atoms. The number of thioether (sulfide) groups is 1. The zero-order valence-corrected chi connectivity index (χ0v) is 18.7. The highest BCUT2D eigenvalue weighted by atomic mass is 32.2. The van der Waals surface area contributed by atoms with Crippen molar-refractivity contribution >= 4 is 52.0 Å². The summed E-state index contributed by atoms with van der Waals surface area (Å²) >= 11 is 4.58. The summed E-state index contributed by atoms with van der Waals surface area (Å²) in [6, 6.07) is 7.98. The van der Waals surface area contributed by atoms with Gasteiger partial charge in [0.25, 0.3) is 5.91 Å². The lowest BCUT2D eigenvalue weighted by Crippen LogP contribution is -2.28. The SMILES string of the molecule is Cn1c(CCC(N)=O)nnc1SCC(=O)N1N=C(c2cccs2)C[C@H]1c1cccs1. The first-order chi connectivity index (χ1) is 14.5. The quantitative estimate of drug-likeness (QED) is 0.520. The second-order valence-electron chi connectivity index (χ2n) is 6.71. The second-order valence-corrected chi connectivity index (χ2v) is 9.58. The molecule has 0 aromatic carbocycles. The third-order valence-corrected chi connectivity index (χ3v) is 7.59. The van der Waals surface area contributed by atoms with Gasteiger partial charge in [-0.3, -0.25) is 9.59 Å². The second kappa shape index (κ2) is 9.11. The van der Waals surface area contributed by atoms with Crippen LogP contribution < -0.4 is 5.73 Å². The summed E-state index contributed by atoms with van der Waals surface area (Å²) in [5, 5.41) is 19.2. The number of hydrogen-bond donors (Lipinski definition) is 1. The van der Waals surface area contributed by atoms with Crippen LogP contribution in [0.5, 0.6) is 0 Å². The van der Waals surface area contributed by atoms with Crippen LogP contribution in [0.4, 0.5) is 0 Å². The van der Waals surface area contributed by atoms with Gasteiger partial charge in [-0.25, -0.2) is 5.01 Å². The van der Waals surface area contributed by atoms with Crippen molar-refractivity contribution in [3.8, 4) is 0 Å². The minimum Gasteiger partial charge on any atom is -0.370 e. The summed E-state index contributed by atoms with van der Waals surface area (Å²) in [6.07, 6.45) is 1.35. The van der Waals surface area contributed by atoms with Gasteiger partial charge in [-0.15, -0.1) is 32.9 Å². The van der Waals surface area contributed by atoms with Crippen LogP contribution in [0.3, 0.4) is 0 Å². The van der Waals surface area contributed by atoms with Gasteiger partial charge in [0.05, 0.1) is 22.4 Å². The first-order valence-electron chi connectivity index (χ1n) is 9.29. The molecule has 4 heterocycles. The lowest BCUT2D eigenvalue weighted by Gasteiger charge is -2.20. The number of hydrazone groups is 1. The van der Waals surface area contributed by atoms with E-state index < -0.39 is 0 Å². The Morgan fingerprint density at radius 2 is 2.03 bits per heavy atom. The first-order valence-corrected chi connectivity index (χ1v) is 12.0. The highest BCUT2D eigenvalue weighted by Crippen LogP contribution is 2.36. The number of carbonyl (C=O) groups is 2. The molecule has 1 aliphatic heterocycles. The van der Waals surface area contributed by atoms with Gasteiger partial charge in [-0.2, -0.15) is 5.10 Å². The van der Waals surface area contributed by atoms with Gasteiger partial charge < -0.3 is 10.3 Å². The van der Waals surface area contributed by atoms with Gasteiger partial charge >= 0.3 is 0 Å². The van der Waals surface area contributed by atoms with Crippen molar-refractivity contribution in [2.24, 2.45) is 17.9 Å². The number of aryl methyl sites for hydroxylation is 1. The van der Waals surface area contributed by atoms with Crippen LogP contribution in [0, 0.1) is 0 Å². The van der Waals surface area contributed by atoms with E-state index in [-0.39, 0.29) is 30.0 Å². The number of amides is 2. The predicted molar refractivity (Wildman–Crippen MR) is 119 cm³/mol. The average Bonchev–Trinajstić information content (AvgIpc) is 3.52. The van der Waals surface area contributed by atoms with Crippen LogP contribution >= 0.6 is 34.4 Å². The largest absolute Gasteiger partial charge is 0.370 e. The molecule has 11 heteroatoms. The Morgan fingerprint density at radius 3 is 2.73 bits per heavy atom. The number of primary amides is 1. The molecule has 2 amide bonds. The summed E-state index contributed by atoms with van der Waals surface area (Å²) in [5.74, 6) is 0.409. The summed E-state index contributed by atoms with van der Waals surface area (Å²) in [6.45, 7) is 0. The summed E-state index contributed by atoms with van der Waals surface area (Å²) in [5.41, 5.74) is 6.14. The number of nitrogens with two attached hydrogens (primary N) is 1. The molecule has 1 aliphatic rings. The maximum Gasteiger partial charge on any atom is 0.253 e. The average molecular weight is 461 g/mol. The fraction of sp³-hybridized carbons (Fsp3) is 0.316. The van der Waals surface area contributed by atoms with E-state index in [0.717, 1.165) is 15.5 Å². The van der Waals surface area contributed by atoms with Gasteiger partial charge in [0.2, 0.25) is 5.91 Å². The fourth-order valence-corrected chi connectivity index (χ4v) is 5.47. The molecule has 0 unspecified atom stereocenters. The molecule has 0 bridgehead atoms. The topological polar surface area (TPSA) is 106 Å². The summed E-state index contributed by atoms with van der Waals surface area (Å²) in [4.78, 5) is 26.3. The minimum absolute atomic E-state index is 0.0772. The molecule has 0 saturated carbocycles. The molecule has 2 N–H and O–H groups in total. The van der Waals surface area contributed by atoms with Crippen LogP contribution in [0.2, 0.25) is 0 Å². The molecule has 0 spiro atoms. The van der Waals surface area contributed by atoms with Gasteiger partial charge in [-0.1, -0.05) is 23.9 Å². The number of hydrogen-bond acceptors (Lipinski definition) is 8. The number of aromatic nitrogens is 3. The summed E-state index contributed by atoms with van der Waals surface area (Å²) in [7, 11) is 1.82. The zero-order valence-electron chi connectivity index (χ0n) is 16.2. The minimum atomic E-state index is -0.379. The monoisotopic (exact) mass is 460 g/mol. The molecule has 3 aromatic rings. The molecule has 0 fully saturated rings. The molecule has 0 radical (unpaired) electrons. The Labute approximate surface area is 185 Å². The van der Waals surface area contributed by atoms with E-state index in [1.165, 1.54) is 11.8 Å². The highest BCUT2D eigenvalue weighted by molar-refractivity contribution is 7.99. The van der Waals surface area contributed by atoms with Crippen molar-refractivity contribution in [3.63, 3.8) is 0 Å². The fourth-order valence-electron chi connectivity index (χ4n) is 3.15. The Morgan fingerprint density at radius 1 is 1.23 bits per heavy atom. The number of thiophene rings is 2. The van der Waals surface area contributed by atoms with E-state index >= 15 is 0 Å². The Hall–Kier alpha value is -2.50.